The van der Waals surface area contributed by atoms with Gasteiger partial charge in [0.2, 0.25) is 0 Å². The van der Waals surface area contributed by atoms with Crippen LogP contribution >= 0.6 is 23.1 Å². The van der Waals surface area contributed by atoms with Crippen LogP contribution in [-0.4, -0.2) is 36.6 Å². The van der Waals surface area contributed by atoms with E-state index in [0.29, 0.717) is 0 Å². The summed E-state index contributed by atoms with van der Waals surface area (Å²) in [6.45, 7) is 5.34. The van der Waals surface area contributed by atoms with E-state index in [4.69, 9.17) is 0 Å². The van der Waals surface area contributed by atoms with Gasteiger partial charge in [-0.15, -0.1) is 11.3 Å². The number of nitrogens with one attached hydrogen (secondary N) is 1. The van der Waals surface area contributed by atoms with E-state index >= 15 is 0 Å². The van der Waals surface area contributed by atoms with Crippen LogP contribution < -0.4 is 10.2 Å². The van der Waals surface area contributed by atoms with Gasteiger partial charge in [0.15, 0.2) is 5.13 Å². The Bertz CT molecular complexity index is 318. The maximum atomic E-state index is 4.65. The van der Waals surface area contributed by atoms with E-state index in [1.54, 1.807) is 0 Å². The van der Waals surface area contributed by atoms with Crippen LogP contribution in [0.15, 0.2) is 0 Å². The lowest BCUT2D eigenvalue weighted by molar-refractivity contribution is 0.821. The Labute approximate surface area is 99.3 Å². The van der Waals surface area contributed by atoms with Crippen LogP contribution in [0.25, 0.3) is 0 Å². The van der Waals surface area contributed by atoms with Crippen LogP contribution in [0.4, 0.5) is 5.13 Å². The predicted octanol–water partition coefficient (Wildman–Crippen LogP) is 1.72. The first-order chi connectivity index (χ1) is 7.31. The maximum absolute atomic E-state index is 4.65. The molecule has 0 aromatic carbocycles. The first kappa shape index (κ1) is 11.2. The normalized spacial score (nSPS) is 17.1. The number of hydrogen-bond donors (Lipinski definition) is 1. The molecule has 1 aromatic heterocycles. The number of thiazole rings is 1. The van der Waals surface area contributed by atoms with Gasteiger partial charge in [-0.05, 0) is 14.0 Å². The molecular weight excluding hydrogens is 226 g/mol. The first-order valence-electron chi connectivity index (χ1n) is 5.25. The van der Waals surface area contributed by atoms with Gasteiger partial charge in [-0.2, -0.15) is 11.8 Å². The molecule has 0 atom stereocenters. The number of hydrogen-bond acceptors (Lipinski definition) is 5. The van der Waals surface area contributed by atoms with E-state index in [0.717, 1.165) is 19.6 Å². The summed E-state index contributed by atoms with van der Waals surface area (Å²) in [6.07, 6.45) is 0. The summed E-state index contributed by atoms with van der Waals surface area (Å²) in [5.74, 6) is 2.47. The van der Waals surface area contributed by atoms with Crippen molar-refractivity contribution in [3.63, 3.8) is 0 Å². The molecule has 0 spiro atoms. The third kappa shape index (κ3) is 2.65. The van der Waals surface area contributed by atoms with Crippen molar-refractivity contribution >= 4 is 28.2 Å². The smallest absolute Gasteiger partial charge is 0.185 e. The first-order valence-corrected chi connectivity index (χ1v) is 7.22. The minimum Gasteiger partial charge on any atom is -0.346 e. The van der Waals surface area contributed by atoms with Crippen LogP contribution in [0.3, 0.4) is 0 Å². The van der Waals surface area contributed by atoms with Crippen molar-refractivity contribution in [3.05, 3.63) is 10.6 Å². The Balaban J connectivity index is 2.10. The third-order valence-corrected chi connectivity index (χ3v) is 4.66. The van der Waals surface area contributed by atoms with Crippen LogP contribution in [0.1, 0.15) is 10.6 Å². The van der Waals surface area contributed by atoms with Crippen molar-refractivity contribution in [2.75, 3.05) is 36.5 Å². The average molecular weight is 243 g/mol. The number of aromatic nitrogens is 1. The predicted molar refractivity (Wildman–Crippen MR) is 69.2 cm³/mol. The molecule has 1 N–H and O–H groups in total. The Morgan fingerprint density at radius 2 is 2.13 bits per heavy atom. The molecule has 2 heterocycles. The molecule has 0 unspecified atom stereocenters. The van der Waals surface area contributed by atoms with Gasteiger partial charge in [0, 0.05) is 36.0 Å². The van der Waals surface area contributed by atoms with Gasteiger partial charge in [-0.1, -0.05) is 0 Å². The second kappa shape index (κ2) is 5.18. The lowest BCUT2D eigenvalue weighted by atomic mass is 10.4. The second-order valence-electron chi connectivity index (χ2n) is 3.63. The van der Waals surface area contributed by atoms with E-state index in [2.05, 4.69) is 22.1 Å². The highest BCUT2D eigenvalue weighted by Crippen LogP contribution is 2.27. The van der Waals surface area contributed by atoms with Crippen LogP contribution in [0, 0.1) is 6.92 Å². The maximum Gasteiger partial charge on any atom is 0.185 e. The molecule has 0 amide bonds. The summed E-state index contributed by atoms with van der Waals surface area (Å²) in [5.41, 5.74) is 1.18. The number of aryl methyl sites for hydroxylation is 1. The van der Waals surface area contributed by atoms with Crippen molar-refractivity contribution < 1.29 is 0 Å². The van der Waals surface area contributed by atoms with Gasteiger partial charge in [0.1, 0.15) is 0 Å². The number of anilines is 1. The third-order valence-electron chi connectivity index (χ3n) is 2.50. The quantitative estimate of drug-likeness (QED) is 0.875. The summed E-state index contributed by atoms with van der Waals surface area (Å²) >= 11 is 3.87. The molecule has 0 aliphatic carbocycles. The molecule has 1 fully saturated rings. The van der Waals surface area contributed by atoms with Gasteiger partial charge >= 0.3 is 0 Å². The molecule has 2 rings (SSSR count). The summed E-state index contributed by atoms with van der Waals surface area (Å²) in [4.78, 5) is 8.42. The monoisotopic (exact) mass is 243 g/mol. The fourth-order valence-electron chi connectivity index (χ4n) is 1.63. The largest absolute Gasteiger partial charge is 0.346 e. The van der Waals surface area contributed by atoms with Crippen molar-refractivity contribution in [1.29, 1.82) is 0 Å². The molecule has 1 saturated heterocycles. The minimum absolute atomic E-state index is 0.937. The van der Waals surface area contributed by atoms with Crippen molar-refractivity contribution in [2.24, 2.45) is 0 Å². The van der Waals surface area contributed by atoms with E-state index in [1.807, 2.05) is 30.1 Å². The van der Waals surface area contributed by atoms with E-state index < -0.39 is 0 Å². The summed E-state index contributed by atoms with van der Waals surface area (Å²) in [5, 5.41) is 4.40. The van der Waals surface area contributed by atoms with Gasteiger partial charge in [-0.3, -0.25) is 0 Å². The second-order valence-corrected chi connectivity index (χ2v) is 5.92. The molecule has 15 heavy (non-hydrogen) atoms. The van der Waals surface area contributed by atoms with Crippen LogP contribution in [0.2, 0.25) is 0 Å². The fraction of sp³-hybridized carbons (Fsp3) is 0.700. The highest BCUT2D eigenvalue weighted by molar-refractivity contribution is 7.99. The lowest BCUT2D eigenvalue weighted by Crippen LogP contribution is -2.32. The van der Waals surface area contributed by atoms with Gasteiger partial charge in [0.05, 0.1) is 5.69 Å². The Morgan fingerprint density at radius 3 is 2.80 bits per heavy atom. The molecular formula is C10H17N3S2. The van der Waals surface area contributed by atoms with E-state index in [1.165, 1.54) is 27.2 Å². The van der Waals surface area contributed by atoms with Crippen molar-refractivity contribution in [2.45, 2.75) is 13.5 Å². The zero-order valence-corrected chi connectivity index (χ0v) is 10.9. The van der Waals surface area contributed by atoms with Crippen LogP contribution in [-0.2, 0) is 6.54 Å². The average Bonchev–Trinajstić information content (AvgIpc) is 2.63. The summed E-state index contributed by atoms with van der Waals surface area (Å²) < 4.78 is 0. The van der Waals surface area contributed by atoms with Crippen molar-refractivity contribution in [3.8, 4) is 0 Å². The molecule has 0 radical (unpaired) electrons. The van der Waals surface area contributed by atoms with Gasteiger partial charge < -0.3 is 10.2 Å². The highest BCUT2D eigenvalue weighted by atomic mass is 32.2. The fourth-order valence-corrected chi connectivity index (χ4v) is 3.65. The molecule has 3 nitrogen and oxygen atoms in total. The number of rotatable bonds is 3. The minimum atomic E-state index is 0.937. The van der Waals surface area contributed by atoms with E-state index in [-0.39, 0.29) is 0 Å². The Kier molecular flexibility index (Phi) is 3.88. The van der Waals surface area contributed by atoms with Crippen LogP contribution in [0.5, 0.6) is 0 Å². The lowest BCUT2D eigenvalue weighted by Gasteiger charge is -2.25. The Morgan fingerprint density at radius 1 is 1.40 bits per heavy atom. The van der Waals surface area contributed by atoms with Gasteiger partial charge in [-0.25, -0.2) is 4.98 Å². The zero-order valence-electron chi connectivity index (χ0n) is 9.25. The Hall–Kier alpha value is -0.260. The molecule has 1 aromatic rings. The molecule has 1 aliphatic rings. The summed E-state index contributed by atoms with van der Waals surface area (Å²) in [7, 11) is 1.98. The SMILES string of the molecule is CNCc1sc(N2CCSCC2)nc1C. The molecule has 84 valence electrons. The zero-order chi connectivity index (χ0) is 10.7. The topological polar surface area (TPSA) is 28.2 Å². The molecule has 1 aliphatic heterocycles. The summed E-state index contributed by atoms with van der Waals surface area (Å²) in [6, 6.07) is 0. The highest BCUT2D eigenvalue weighted by Gasteiger charge is 2.16. The van der Waals surface area contributed by atoms with E-state index in [9.17, 15) is 0 Å². The molecule has 0 bridgehead atoms. The molecule has 0 saturated carbocycles. The van der Waals surface area contributed by atoms with Crippen molar-refractivity contribution in [1.82, 2.24) is 10.3 Å². The number of nitrogens with zero attached hydrogens (tertiary/aromatic N) is 2. The standard InChI is InChI=1S/C10H17N3S2/c1-8-9(7-11-2)15-10(12-8)13-3-5-14-6-4-13/h11H,3-7H2,1-2H3. The van der Waals surface area contributed by atoms with Gasteiger partial charge in [0.25, 0.3) is 0 Å². The molecule has 5 heteroatoms. The number of thioether (sulfide) groups is 1.